The Morgan fingerprint density at radius 2 is 0.620 bits per heavy atom. The summed E-state index contributed by atoms with van der Waals surface area (Å²) in [5.74, 6) is -0.118. The van der Waals surface area contributed by atoms with E-state index in [-0.39, 0.29) is 11.8 Å². The van der Waals surface area contributed by atoms with E-state index in [1.165, 1.54) is 154 Å². The van der Waals surface area contributed by atoms with Gasteiger partial charge in [-0.05, 0) is 76.1 Å². The summed E-state index contributed by atoms with van der Waals surface area (Å²) in [7, 11) is 0. The number of carbonyl (C=O) groups is 2. The Bertz CT molecular complexity index is 801. The number of nitrogens with one attached hydrogen (secondary N) is 2. The molecule has 1 rings (SSSR count). The Labute approximate surface area is 310 Å². The second kappa shape index (κ2) is 34.2. The normalized spacial score (nSPS) is 11.5. The molecule has 2 amide bonds. The highest BCUT2D eigenvalue weighted by atomic mass is 16.2. The maximum atomic E-state index is 13.0. The fourth-order valence-electron chi connectivity index (χ4n) is 6.77. The Kier molecular flexibility index (Phi) is 31.5. The summed E-state index contributed by atoms with van der Waals surface area (Å²) in [5.41, 5.74) is 1.23. The first-order valence-corrected chi connectivity index (χ1v) is 21.7. The molecule has 0 fully saturated rings. The lowest BCUT2D eigenvalue weighted by atomic mass is 10.1. The van der Waals surface area contributed by atoms with Crippen LogP contribution >= 0.6 is 0 Å². The van der Waals surface area contributed by atoms with Crippen LogP contribution in [0.2, 0.25) is 0 Å². The summed E-state index contributed by atoms with van der Waals surface area (Å²) in [5, 5.41) is 6.27. The molecule has 0 radical (unpaired) electrons. The molecule has 0 aliphatic rings. The molecule has 2 N–H and O–H groups in total. The van der Waals surface area contributed by atoms with Crippen LogP contribution in [0.3, 0.4) is 0 Å². The van der Waals surface area contributed by atoms with Crippen molar-refractivity contribution in [3.05, 3.63) is 35.4 Å². The molecule has 0 saturated carbocycles. The monoisotopic (exact) mass is 699 g/mol. The minimum atomic E-state index is -0.0592. The molecule has 50 heavy (non-hydrogen) atoms. The zero-order valence-electron chi connectivity index (χ0n) is 33.6. The Hall–Kier alpha value is -1.92. The van der Waals surface area contributed by atoms with Gasteiger partial charge in [-0.15, -0.1) is 0 Å². The average Bonchev–Trinajstić information content (AvgIpc) is 3.13. The molecular formula is C44H82N4O2. The number of hydrogen-bond acceptors (Lipinski definition) is 4. The number of amides is 2. The van der Waals surface area contributed by atoms with Gasteiger partial charge in [0.05, 0.1) is 0 Å². The van der Waals surface area contributed by atoms with Crippen molar-refractivity contribution in [2.75, 3.05) is 52.4 Å². The molecule has 0 aromatic heterocycles. The van der Waals surface area contributed by atoms with Gasteiger partial charge in [-0.25, -0.2) is 0 Å². The van der Waals surface area contributed by atoms with Crippen molar-refractivity contribution >= 4 is 11.8 Å². The van der Waals surface area contributed by atoms with Gasteiger partial charge < -0.3 is 20.4 Å². The number of carbonyl (C=O) groups excluding carboxylic acids is 2. The third kappa shape index (κ3) is 25.9. The highest BCUT2D eigenvalue weighted by Crippen LogP contribution is 2.11. The van der Waals surface area contributed by atoms with Crippen LogP contribution in [0.25, 0.3) is 0 Å². The minimum absolute atomic E-state index is 0.0592. The van der Waals surface area contributed by atoms with E-state index in [4.69, 9.17) is 0 Å². The smallest absolute Gasteiger partial charge is 0.251 e. The van der Waals surface area contributed by atoms with Crippen LogP contribution in [0, 0.1) is 0 Å². The summed E-state index contributed by atoms with van der Waals surface area (Å²) >= 11 is 0. The van der Waals surface area contributed by atoms with Crippen LogP contribution in [-0.4, -0.2) is 74.0 Å². The van der Waals surface area contributed by atoms with Crippen LogP contribution in [0.4, 0.5) is 0 Å². The van der Waals surface area contributed by atoms with Gasteiger partial charge >= 0.3 is 0 Å². The molecule has 0 spiro atoms. The van der Waals surface area contributed by atoms with E-state index < -0.39 is 0 Å². The highest BCUT2D eigenvalue weighted by molar-refractivity contribution is 5.97. The summed E-state index contributed by atoms with van der Waals surface area (Å²) in [6, 6.07) is 7.16. The largest absolute Gasteiger partial charge is 0.351 e. The number of nitrogens with zero attached hydrogens (tertiary/aromatic N) is 2. The second-order valence-corrected chi connectivity index (χ2v) is 14.8. The van der Waals surface area contributed by atoms with Crippen molar-refractivity contribution in [1.82, 2.24) is 20.4 Å². The Morgan fingerprint density at radius 3 is 0.880 bits per heavy atom. The predicted octanol–water partition coefficient (Wildman–Crippen LogP) is 11.2. The van der Waals surface area contributed by atoms with Crippen molar-refractivity contribution in [3.63, 3.8) is 0 Å². The first-order valence-electron chi connectivity index (χ1n) is 21.7. The van der Waals surface area contributed by atoms with Gasteiger partial charge in [0.2, 0.25) is 0 Å². The number of benzene rings is 1. The molecule has 0 aliphatic heterocycles. The third-order valence-electron chi connectivity index (χ3n) is 10.1. The zero-order chi connectivity index (χ0) is 36.3. The van der Waals surface area contributed by atoms with E-state index in [1.807, 2.05) is 0 Å². The summed E-state index contributed by atoms with van der Waals surface area (Å²) < 4.78 is 0. The van der Waals surface area contributed by atoms with E-state index in [0.717, 1.165) is 39.3 Å². The van der Waals surface area contributed by atoms with Gasteiger partial charge in [0.15, 0.2) is 0 Å². The Morgan fingerprint density at radius 1 is 0.380 bits per heavy atom. The topological polar surface area (TPSA) is 64.7 Å². The lowest BCUT2D eigenvalue weighted by Gasteiger charge is -2.23. The summed E-state index contributed by atoms with van der Waals surface area (Å²) in [6.45, 7) is 16.7. The lowest BCUT2D eigenvalue weighted by Crippen LogP contribution is -2.36. The van der Waals surface area contributed by atoms with E-state index >= 15 is 0 Å². The van der Waals surface area contributed by atoms with Crippen molar-refractivity contribution in [3.8, 4) is 0 Å². The molecule has 290 valence electrons. The maximum Gasteiger partial charge on any atom is 0.251 e. The minimum Gasteiger partial charge on any atom is -0.351 e. The molecular weight excluding hydrogens is 617 g/mol. The molecule has 6 nitrogen and oxygen atoms in total. The third-order valence-corrected chi connectivity index (χ3v) is 10.1. The number of unbranched alkanes of at least 4 members (excludes halogenated alkanes) is 20. The molecule has 0 atom stereocenters. The van der Waals surface area contributed by atoms with Crippen LogP contribution in [0.1, 0.15) is 203 Å². The molecule has 0 saturated heterocycles. The van der Waals surface area contributed by atoms with Gasteiger partial charge in [-0.1, -0.05) is 156 Å². The Balaban J connectivity index is 2.49. The molecule has 0 unspecified atom stereocenters. The molecule has 0 heterocycles. The predicted molar refractivity (Wildman–Crippen MR) is 217 cm³/mol. The first kappa shape index (κ1) is 46.1. The quantitative estimate of drug-likeness (QED) is 0.0685. The zero-order valence-corrected chi connectivity index (χ0v) is 33.6. The van der Waals surface area contributed by atoms with Gasteiger partial charge in [-0.2, -0.15) is 0 Å². The van der Waals surface area contributed by atoms with Crippen LogP contribution in [-0.2, 0) is 0 Å². The van der Waals surface area contributed by atoms with Crippen molar-refractivity contribution < 1.29 is 9.59 Å². The van der Waals surface area contributed by atoms with Crippen LogP contribution in [0.5, 0.6) is 0 Å². The fraction of sp³-hybridized carbons (Fsp3) is 0.818. The second-order valence-electron chi connectivity index (χ2n) is 14.8. The van der Waals surface area contributed by atoms with Crippen molar-refractivity contribution in [1.29, 1.82) is 0 Å². The number of rotatable bonds is 36. The van der Waals surface area contributed by atoms with Gasteiger partial charge in [0, 0.05) is 37.3 Å². The fourth-order valence-corrected chi connectivity index (χ4v) is 6.77. The van der Waals surface area contributed by atoms with Crippen LogP contribution < -0.4 is 10.6 Å². The van der Waals surface area contributed by atoms with Crippen molar-refractivity contribution in [2.24, 2.45) is 0 Å². The van der Waals surface area contributed by atoms with Gasteiger partial charge in [-0.3, -0.25) is 9.59 Å². The van der Waals surface area contributed by atoms with E-state index in [2.05, 4.69) is 48.1 Å². The van der Waals surface area contributed by atoms with Gasteiger partial charge in [0.25, 0.3) is 11.8 Å². The average molecular weight is 699 g/mol. The standard InChI is InChI=1S/C44H82N4O2/c1-5-9-13-17-21-25-35-47(36-26-22-18-14-10-6-2)39-33-45-43(49)41-29-31-42(32-30-41)44(50)46-34-40-48(37-27-23-19-15-11-7-3)38-28-24-20-16-12-8-4/h29-32H,5-28,33-40H2,1-4H3,(H,45,49)(H,46,50). The van der Waals surface area contributed by atoms with E-state index in [1.54, 1.807) is 24.3 Å². The molecule has 1 aromatic carbocycles. The number of hydrogen-bond donors (Lipinski definition) is 2. The van der Waals surface area contributed by atoms with E-state index in [9.17, 15) is 9.59 Å². The maximum absolute atomic E-state index is 13.0. The molecule has 6 heteroatoms. The van der Waals surface area contributed by atoms with Crippen molar-refractivity contribution in [2.45, 2.75) is 182 Å². The first-order chi connectivity index (χ1) is 24.5. The summed E-state index contributed by atoms with van der Waals surface area (Å²) in [4.78, 5) is 31.0. The molecule has 0 bridgehead atoms. The lowest BCUT2D eigenvalue weighted by molar-refractivity contribution is 0.0936. The summed E-state index contributed by atoms with van der Waals surface area (Å²) in [6.07, 6.45) is 31.4. The SMILES string of the molecule is CCCCCCCCN(CCCCCCCC)CCNC(=O)c1ccc(C(=O)NCCN(CCCCCCCC)CCCCCCCC)cc1. The molecule has 1 aromatic rings. The van der Waals surface area contributed by atoms with E-state index in [0.29, 0.717) is 24.2 Å². The highest BCUT2D eigenvalue weighted by Gasteiger charge is 2.12. The van der Waals surface area contributed by atoms with Gasteiger partial charge in [0.1, 0.15) is 0 Å². The molecule has 0 aliphatic carbocycles. The van der Waals surface area contributed by atoms with Crippen LogP contribution in [0.15, 0.2) is 24.3 Å².